The first-order valence-electron chi connectivity index (χ1n) is 9.42. The van der Waals surface area contributed by atoms with Crippen molar-refractivity contribution in [1.29, 1.82) is 0 Å². The van der Waals surface area contributed by atoms with Crippen LogP contribution in [0.25, 0.3) is 0 Å². The van der Waals surface area contributed by atoms with Crippen LogP contribution in [0.3, 0.4) is 0 Å². The number of ketones is 1. The number of benzene rings is 2. The van der Waals surface area contributed by atoms with E-state index in [1.807, 2.05) is 31.4 Å². The van der Waals surface area contributed by atoms with Crippen molar-refractivity contribution in [1.82, 2.24) is 0 Å². The Morgan fingerprint density at radius 1 is 1.00 bits per heavy atom. The van der Waals surface area contributed by atoms with E-state index in [1.165, 1.54) is 11.3 Å². The quantitative estimate of drug-likeness (QED) is 0.581. The Labute approximate surface area is 177 Å². The fourth-order valence-electron chi connectivity index (χ4n) is 3.92. The molecule has 0 fully saturated rings. The number of methoxy groups -OCH3 is 2. The highest BCUT2D eigenvalue weighted by atomic mass is 35.5. The minimum Gasteiger partial charge on any atom is -1.00 e. The summed E-state index contributed by atoms with van der Waals surface area (Å²) < 4.78 is 12.9. The molecule has 0 bridgehead atoms. The van der Waals surface area contributed by atoms with Crippen molar-refractivity contribution in [2.45, 2.75) is 18.8 Å². The number of nitrogens with zero attached hydrogens (tertiary/aromatic N) is 1. The van der Waals surface area contributed by atoms with E-state index in [0.717, 1.165) is 23.1 Å². The molecule has 0 spiro atoms. The monoisotopic (exact) mass is 409 g/mol. The van der Waals surface area contributed by atoms with Crippen LogP contribution in [-0.4, -0.2) is 20.0 Å². The van der Waals surface area contributed by atoms with Gasteiger partial charge in [-0.3, -0.25) is 4.79 Å². The van der Waals surface area contributed by atoms with Gasteiger partial charge in [-0.05, 0) is 35.2 Å². The normalized spacial score (nSPS) is 14.9. The number of aromatic nitrogens is 1. The van der Waals surface area contributed by atoms with Crippen LogP contribution < -0.4 is 26.4 Å². The second-order valence-electron chi connectivity index (χ2n) is 7.21. The summed E-state index contributed by atoms with van der Waals surface area (Å²) in [4.78, 5) is 13.1. The summed E-state index contributed by atoms with van der Waals surface area (Å²) in [6.45, 7) is 0. The average Bonchev–Trinajstić information content (AvgIpc) is 3.05. The molecule has 5 heteroatoms. The molecule has 0 saturated heterocycles. The Hall–Kier alpha value is -2.85. The van der Waals surface area contributed by atoms with Gasteiger partial charge < -0.3 is 21.9 Å². The summed E-state index contributed by atoms with van der Waals surface area (Å²) in [6.07, 6.45) is 3.57. The molecule has 4 nitrogen and oxygen atoms in total. The number of pyridine rings is 1. The van der Waals surface area contributed by atoms with E-state index in [-0.39, 0.29) is 24.1 Å². The zero-order chi connectivity index (χ0) is 19.7. The van der Waals surface area contributed by atoms with Crippen molar-refractivity contribution in [2.24, 2.45) is 7.05 Å². The number of ether oxygens (including phenoxy) is 2. The first kappa shape index (κ1) is 20.9. The summed E-state index contributed by atoms with van der Waals surface area (Å²) >= 11 is 0. The fourth-order valence-corrected chi connectivity index (χ4v) is 3.92. The molecular weight excluding hydrogens is 386 g/mol. The van der Waals surface area contributed by atoms with E-state index in [4.69, 9.17) is 9.47 Å². The maximum atomic E-state index is 13.1. The first-order chi connectivity index (χ1) is 13.6. The number of hydrogen-bond donors (Lipinski definition) is 0. The minimum absolute atomic E-state index is 0. The lowest BCUT2D eigenvalue weighted by molar-refractivity contribution is -0.678. The van der Waals surface area contributed by atoms with E-state index < -0.39 is 0 Å². The predicted molar refractivity (Wildman–Crippen MR) is 107 cm³/mol. The van der Waals surface area contributed by atoms with Crippen molar-refractivity contribution in [3.8, 4) is 11.5 Å². The van der Waals surface area contributed by atoms with Gasteiger partial charge >= 0.3 is 0 Å². The van der Waals surface area contributed by atoms with E-state index in [2.05, 4.69) is 41.0 Å². The van der Waals surface area contributed by atoms with Gasteiger partial charge in [0.1, 0.15) is 7.05 Å². The minimum atomic E-state index is -0.164. The highest BCUT2D eigenvalue weighted by molar-refractivity contribution is 6.05. The van der Waals surface area contributed by atoms with Crippen molar-refractivity contribution in [3.63, 3.8) is 0 Å². The molecule has 29 heavy (non-hydrogen) atoms. The van der Waals surface area contributed by atoms with Crippen LogP contribution >= 0.6 is 0 Å². The Morgan fingerprint density at radius 2 is 1.69 bits per heavy atom. The largest absolute Gasteiger partial charge is 1.00 e. The van der Waals surface area contributed by atoms with Crippen molar-refractivity contribution in [2.75, 3.05) is 14.2 Å². The molecule has 0 saturated carbocycles. The maximum absolute atomic E-state index is 13.1. The van der Waals surface area contributed by atoms with E-state index in [9.17, 15) is 4.79 Å². The molecular formula is C24H24ClNO3. The summed E-state index contributed by atoms with van der Waals surface area (Å²) in [6, 6.07) is 18.3. The van der Waals surface area contributed by atoms with Gasteiger partial charge in [0, 0.05) is 17.7 Å². The molecule has 1 aliphatic carbocycles. The highest BCUT2D eigenvalue weighted by Crippen LogP contribution is 2.40. The van der Waals surface area contributed by atoms with Crippen LogP contribution in [0.1, 0.15) is 38.7 Å². The molecule has 1 heterocycles. The third-order valence-electron chi connectivity index (χ3n) is 5.52. The Balaban J connectivity index is 0.00000240. The predicted octanol–water partition coefficient (Wildman–Crippen LogP) is 0.646. The van der Waals surface area contributed by atoms with Gasteiger partial charge in [-0.25, -0.2) is 4.57 Å². The molecule has 0 radical (unpaired) electrons. The van der Waals surface area contributed by atoms with Crippen LogP contribution in [0.15, 0.2) is 60.8 Å². The Morgan fingerprint density at radius 3 is 2.38 bits per heavy atom. The van der Waals surface area contributed by atoms with Gasteiger partial charge in [-0.15, -0.1) is 0 Å². The van der Waals surface area contributed by atoms with Crippen LogP contribution in [0.2, 0.25) is 0 Å². The molecule has 1 atom stereocenters. The lowest BCUT2D eigenvalue weighted by Crippen LogP contribution is -3.00. The van der Waals surface area contributed by atoms with Gasteiger partial charge in [-0.1, -0.05) is 30.3 Å². The Bertz CT molecular complexity index is 1030. The molecule has 1 aliphatic rings. The third-order valence-corrected chi connectivity index (χ3v) is 5.52. The molecule has 0 amide bonds. The number of aryl methyl sites for hydroxylation is 1. The number of carbonyl (C=O) groups excluding carboxylic acids is 1. The topological polar surface area (TPSA) is 39.4 Å². The lowest BCUT2D eigenvalue weighted by atomic mass is 9.94. The van der Waals surface area contributed by atoms with E-state index in [0.29, 0.717) is 17.9 Å². The molecule has 3 aromatic rings. The van der Waals surface area contributed by atoms with E-state index >= 15 is 0 Å². The molecule has 0 N–H and O–H groups in total. The van der Waals surface area contributed by atoms with Crippen LogP contribution in [0.5, 0.6) is 11.5 Å². The maximum Gasteiger partial charge on any atom is 0.185 e. The SMILES string of the molecule is COc1cc2c(cc1OC)C(=O)C(c1cc[n+](C)c(Cc3ccccc3)c1)C2.[Cl-]. The summed E-state index contributed by atoms with van der Waals surface area (Å²) in [5, 5.41) is 0. The summed E-state index contributed by atoms with van der Waals surface area (Å²) in [5.41, 5.74) is 5.25. The third kappa shape index (κ3) is 3.99. The van der Waals surface area contributed by atoms with Gasteiger partial charge in [0.05, 0.1) is 26.6 Å². The smallest absolute Gasteiger partial charge is 0.185 e. The number of carbonyl (C=O) groups is 1. The second kappa shape index (κ2) is 8.66. The first-order valence-corrected chi connectivity index (χ1v) is 9.42. The Kier molecular flexibility index (Phi) is 6.23. The molecule has 1 aromatic heterocycles. The highest BCUT2D eigenvalue weighted by Gasteiger charge is 2.34. The zero-order valence-electron chi connectivity index (χ0n) is 16.8. The van der Waals surface area contributed by atoms with Gasteiger partial charge in [0.25, 0.3) is 0 Å². The number of halogens is 1. The van der Waals surface area contributed by atoms with Crippen molar-refractivity contribution in [3.05, 3.63) is 88.7 Å². The molecule has 4 rings (SSSR count). The van der Waals surface area contributed by atoms with Gasteiger partial charge in [0.15, 0.2) is 29.2 Å². The number of rotatable bonds is 5. The van der Waals surface area contributed by atoms with Crippen LogP contribution in [0, 0.1) is 0 Å². The summed E-state index contributed by atoms with van der Waals surface area (Å²) in [5.74, 6) is 1.25. The van der Waals surface area contributed by atoms with Crippen LogP contribution in [0.4, 0.5) is 0 Å². The molecule has 0 aliphatic heterocycles. The fraction of sp³-hybridized carbons (Fsp3) is 0.250. The second-order valence-corrected chi connectivity index (χ2v) is 7.21. The lowest BCUT2D eigenvalue weighted by Gasteiger charge is -2.09. The number of Topliss-reactive ketones (excluding diaryl/α,β-unsaturated/α-hetero) is 1. The van der Waals surface area contributed by atoms with Crippen molar-refractivity contribution >= 4 is 5.78 Å². The molecule has 150 valence electrons. The standard InChI is InChI=1S/C24H24NO3.ClH/c1-25-10-9-17(12-19(25)11-16-7-5-4-6-8-16)20-13-18-14-22(27-2)23(28-3)15-21(18)24(20)26;/h4-10,12,14-15,20H,11,13H2,1-3H3;1H/q+1;/p-1. The molecule has 2 aromatic carbocycles. The molecule has 1 unspecified atom stereocenters. The zero-order valence-corrected chi connectivity index (χ0v) is 17.6. The average molecular weight is 410 g/mol. The number of hydrogen-bond acceptors (Lipinski definition) is 3. The van der Waals surface area contributed by atoms with Crippen molar-refractivity contribution < 1.29 is 31.2 Å². The number of fused-ring (bicyclic) bond motifs is 1. The van der Waals surface area contributed by atoms with Gasteiger partial charge in [0.2, 0.25) is 0 Å². The van der Waals surface area contributed by atoms with Crippen LogP contribution in [-0.2, 0) is 19.9 Å². The van der Waals surface area contributed by atoms with Gasteiger partial charge in [-0.2, -0.15) is 0 Å². The van der Waals surface area contributed by atoms with E-state index in [1.54, 1.807) is 14.2 Å². The summed E-state index contributed by atoms with van der Waals surface area (Å²) in [7, 11) is 5.25.